The third-order valence-electron chi connectivity index (χ3n) is 6.11. The molecule has 3 aliphatic rings. The highest BCUT2D eigenvalue weighted by atomic mass is 16.5. The summed E-state index contributed by atoms with van der Waals surface area (Å²) in [4.78, 5) is 0. The highest BCUT2D eigenvalue weighted by Crippen LogP contribution is 2.51. The van der Waals surface area contributed by atoms with E-state index in [0.717, 1.165) is 36.5 Å². The fourth-order valence-electron chi connectivity index (χ4n) is 4.99. The highest BCUT2D eigenvalue weighted by molar-refractivity contribution is 5.39. The highest BCUT2D eigenvalue weighted by Gasteiger charge is 2.40. The van der Waals surface area contributed by atoms with Crippen LogP contribution in [0.1, 0.15) is 55.7 Å². The predicted octanol–water partition coefficient (Wildman–Crippen LogP) is 4.10. The molecule has 1 N–H and O–H groups in total. The molecule has 2 heteroatoms. The summed E-state index contributed by atoms with van der Waals surface area (Å²) in [6.07, 6.45) is 9.64. The third kappa shape index (κ3) is 2.59. The molecule has 2 aliphatic carbocycles. The van der Waals surface area contributed by atoms with Crippen molar-refractivity contribution in [2.75, 3.05) is 13.7 Å². The molecule has 1 heterocycles. The standard InChI is InChI=1S/C19H27NO/c1-20-18(12-17-10-13-4-5-14(17)9-13)15-6-7-19-16(11-15)3-2-8-21-19/h6-7,11,13-14,17-18,20H,2-5,8-10,12H2,1H3. The second-order valence-electron chi connectivity index (χ2n) is 7.33. The Kier molecular flexibility index (Phi) is 3.66. The Labute approximate surface area is 128 Å². The lowest BCUT2D eigenvalue weighted by atomic mass is 9.82. The Morgan fingerprint density at radius 3 is 3.00 bits per heavy atom. The van der Waals surface area contributed by atoms with E-state index in [0.29, 0.717) is 6.04 Å². The Morgan fingerprint density at radius 2 is 2.24 bits per heavy atom. The molecule has 114 valence electrons. The van der Waals surface area contributed by atoms with Crippen LogP contribution in [0.15, 0.2) is 18.2 Å². The van der Waals surface area contributed by atoms with Crippen molar-refractivity contribution >= 4 is 0 Å². The van der Waals surface area contributed by atoms with E-state index >= 15 is 0 Å². The van der Waals surface area contributed by atoms with Crippen LogP contribution < -0.4 is 10.1 Å². The lowest BCUT2D eigenvalue weighted by molar-refractivity contribution is 0.281. The molecule has 2 fully saturated rings. The van der Waals surface area contributed by atoms with E-state index in [9.17, 15) is 0 Å². The van der Waals surface area contributed by atoms with Crippen molar-refractivity contribution in [1.82, 2.24) is 5.32 Å². The first kappa shape index (κ1) is 13.6. The smallest absolute Gasteiger partial charge is 0.122 e. The molecule has 2 nitrogen and oxygen atoms in total. The Balaban J connectivity index is 1.50. The van der Waals surface area contributed by atoms with Crippen molar-refractivity contribution < 1.29 is 4.74 Å². The molecule has 0 spiro atoms. The molecular weight excluding hydrogens is 258 g/mol. The van der Waals surface area contributed by atoms with Crippen LogP contribution in [0.5, 0.6) is 5.75 Å². The maximum Gasteiger partial charge on any atom is 0.122 e. The monoisotopic (exact) mass is 285 g/mol. The Hall–Kier alpha value is -1.02. The molecule has 4 atom stereocenters. The van der Waals surface area contributed by atoms with E-state index in [4.69, 9.17) is 4.74 Å². The van der Waals surface area contributed by atoms with Crippen molar-refractivity contribution in [2.24, 2.45) is 17.8 Å². The molecule has 21 heavy (non-hydrogen) atoms. The van der Waals surface area contributed by atoms with Crippen LogP contribution in [0, 0.1) is 17.8 Å². The Bertz CT molecular complexity index is 512. The average molecular weight is 285 g/mol. The summed E-state index contributed by atoms with van der Waals surface area (Å²) in [5, 5.41) is 3.57. The molecule has 4 unspecified atom stereocenters. The van der Waals surface area contributed by atoms with Crippen LogP contribution in [-0.2, 0) is 6.42 Å². The van der Waals surface area contributed by atoms with Gasteiger partial charge in [0.25, 0.3) is 0 Å². The molecular formula is C19H27NO. The minimum atomic E-state index is 0.515. The summed E-state index contributed by atoms with van der Waals surface area (Å²) in [5.74, 6) is 4.13. The zero-order chi connectivity index (χ0) is 14.2. The van der Waals surface area contributed by atoms with E-state index < -0.39 is 0 Å². The molecule has 0 amide bonds. The van der Waals surface area contributed by atoms with Gasteiger partial charge in [-0.25, -0.2) is 0 Å². The summed E-state index contributed by atoms with van der Waals surface area (Å²) in [7, 11) is 2.12. The van der Waals surface area contributed by atoms with E-state index in [1.54, 1.807) is 0 Å². The fraction of sp³-hybridized carbons (Fsp3) is 0.684. The van der Waals surface area contributed by atoms with Crippen LogP contribution in [0.25, 0.3) is 0 Å². The van der Waals surface area contributed by atoms with Gasteiger partial charge in [-0.05, 0) is 80.5 Å². The number of benzene rings is 1. The second kappa shape index (κ2) is 5.64. The van der Waals surface area contributed by atoms with Gasteiger partial charge in [-0.15, -0.1) is 0 Å². The van der Waals surface area contributed by atoms with Crippen LogP contribution >= 0.6 is 0 Å². The van der Waals surface area contributed by atoms with Gasteiger partial charge < -0.3 is 10.1 Å². The first-order valence-corrected chi connectivity index (χ1v) is 8.76. The van der Waals surface area contributed by atoms with Crippen molar-refractivity contribution in [2.45, 2.75) is 51.0 Å². The summed E-state index contributed by atoms with van der Waals surface area (Å²) in [5.41, 5.74) is 2.87. The van der Waals surface area contributed by atoms with Crippen LogP contribution in [0.4, 0.5) is 0 Å². The molecule has 2 saturated carbocycles. The number of nitrogens with one attached hydrogen (secondary N) is 1. The van der Waals surface area contributed by atoms with Gasteiger partial charge in [0.1, 0.15) is 5.75 Å². The van der Waals surface area contributed by atoms with Gasteiger partial charge in [-0.2, -0.15) is 0 Å². The van der Waals surface area contributed by atoms with Gasteiger partial charge >= 0.3 is 0 Å². The van der Waals surface area contributed by atoms with Gasteiger partial charge in [0.2, 0.25) is 0 Å². The van der Waals surface area contributed by atoms with E-state index in [1.165, 1.54) is 49.7 Å². The van der Waals surface area contributed by atoms with Gasteiger partial charge in [0, 0.05) is 6.04 Å². The number of hydrogen-bond donors (Lipinski definition) is 1. The minimum Gasteiger partial charge on any atom is -0.493 e. The second-order valence-corrected chi connectivity index (χ2v) is 7.33. The fourth-order valence-corrected chi connectivity index (χ4v) is 4.99. The van der Waals surface area contributed by atoms with E-state index in [1.807, 2.05) is 0 Å². The first-order valence-electron chi connectivity index (χ1n) is 8.76. The third-order valence-corrected chi connectivity index (χ3v) is 6.11. The first-order chi connectivity index (χ1) is 10.3. The number of fused-ring (bicyclic) bond motifs is 3. The normalized spacial score (nSPS) is 31.8. The van der Waals surface area contributed by atoms with Gasteiger partial charge in [0.05, 0.1) is 6.61 Å². The predicted molar refractivity (Wildman–Crippen MR) is 85.6 cm³/mol. The van der Waals surface area contributed by atoms with Crippen LogP contribution in [0.2, 0.25) is 0 Å². The molecule has 1 aromatic rings. The summed E-state index contributed by atoms with van der Waals surface area (Å²) in [6.45, 7) is 0.882. The number of aryl methyl sites for hydroxylation is 1. The topological polar surface area (TPSA) is 21.3 Å². The van der Waals surface area contributed by atoms with E-state index in [2.05, 4.69) is 30.6 Å². The number of hydrogen-bond acceptors (Lipinski definition) is 2. The lowest BCUT2D eigenvalue weighted by Crippen LogP contribution is -2.23. The Morgan fingerprint density at radius 1 is 1.29 bits per heavy atom. The largest absolute Gasteiger partial charge is 0.493 e. The number of rotatable bonds is 4. The summed E-state index contributed by atoms with van der Waals surface area (Å²) in [6, 6.07) is 7.37. The summed E-state index contributed by atoms with van der Waals surface area (Å²) >= 11 is 0. The van der Waals surface area contributed by atoms with Crippen molar-refractivity contribution in [1.29, 1.82) is 0 Å². The van der Waals surface area contributed by atoms with Crippen LogP contribution in [0.3, 0.4) is 0 Å². The van der Waals surface area contributed by atoms with Crippen molar-refractivity contribution in [3.63, 3.8) is 0 Å². The molecule has 1 aromatic carbocycles. The molecule has 0 radical (unpaired) electrons. The molecule has 1 aliphatic heterocycles. The maximum absolute atomic E-state index is 5.75. The number of ether oxygens (including phenoxy) is 1. The van der Waals surface area contributed by atoms with Gasteiger partial charge in [0.15, 0.2) is 0 Å². The van der Waals surface area contributed by atoms with Gasteiger partial charge in [-0.1, -0.05) is 18.6 Å². The maximum atomic E-state index is 5.75. The SMILES string of the molecule is CNC(CC1CC2CCC1C2)c1ccc2c(c1)CCCO2. The van der Waals surface area contributed by atoms with Gasteiger partial charge in [-0.3, -0.25) is 0 Å². The summed E-state index contributed by atoms with van der Waals surface area (Å²) < 4.78 is 5.75. The van der Waals surface area contributed by atoms with Crippen molar-refractivity contribution in [3.05, 3.63) is 29.3 Å². The van der Waals surface area contributed by atoms with Crippen molar-refractivity contribution in [3.8, 4) is 5.75 Å². The zero-order valence-corrected chi connectivity index (χ0v) is 13.1. The molecule has 4 rings (SSSR count). The average Bonchev–Trinajstić information content (AvgIpc) is 3.15. The van der Waals surface area contributed by atoms with E-state index in [-0.39, 0.29) is 0 Å². The molecule has 0 saturated heterocycles. The quantitative estimate of drug-likeness (QED) is 0.899. The molecule has 0 aromatic heterocycles. The lowest BCUT2D eigenvalue weighted by Gasteiger charge is -2.28. The minimum absolute atomic E-state index is 0.515. The van der Waals surface area contributed by atoms with Crippen LogP contribution in [-0.4, -0.2) is 13.7 Å². The molecule has 2 bridgehead atoms. The zero-order valence-electron chi connectivity index (χ0n) is 13.1.